The van der Waals surface area contributed by atoms with Gasteiger partial charge in [-0.2, -0.15) is 5.26 Å². The van der Waals surface area contributed by atoms with E-state index in [0.717, 1.165) is 11.8 Å². The van der Waals surface area contributed by atoms with E-state index in [1.165, 1.54) is 18.7 Å². The predicted molar refractivity (Wildman–Crippen MR) is 80.8 cm³/mol. The van der Waals surface area contributed by atoms with Crippen LogP contribution in [0.4, 0.5) is 5.95 Å². The highest BCUT2D eigenvalue weighted by Crippen LogP contribution is 2.33. The molecule has 3 N–H and O–H groups in total. The van der Waals surface area contributed by atoms with Crippen molar-refractivity contribution in [3.05, 3.63) is 16.2 Å². The van der Waals surface area contributed by atoms with Crippen LogP contribution in [-0.2, 0) is 9.53 Å². The molecule has 0 saturated heterocycles. The Morgan fingerprint density at radius 3 is 2.57 bits per heavy atom. The van der Waals surface area contributed by atoms with Crippen LogP contribution in [0.25, 0.3) is 0 Å². The van der Waals surface area contributed by atoms with Crippen LogP contribution in [0, 0.1) is 11.3 Å². The average Bonchev–Trinajstić information content (AvgIpc) is 2.43. The molecule has 9 heteroatoms. The summed E-state index contributed by atoms with van der Waals surface area (Å²) < 4.78 is 4.86. The van der Waals surface area contributed by atoms with Crippen molar-refractivity contribution in [1.82, 2.24) is 9.97 Å². The van der Waals surface area contributed by atoms with Gasteiger partial charge in [0.05, 0.1) is 6.61 Å². The van der Waals surface area contributed by atoms with Gasteiger partial charge < -0.3 is 15.6 Å². The smallest absolute Gasteiger partial charge is 0.348 e. The van der Waals surface area contributed by atoms with Crippen LogP contribution in [0.3, 0.4) is 0 Å². The Hall–Kier alpha value is -1.92. The molecule has 0 bridgehead atoms. The summed E-state index contributed by atoms with van der Waals surface area (Å²) in [6, 6.07) is 1.98. The molecule has 0 atom stereocenters. The van der Waals surface area contributed by atoms with Crippen molar-refractivity contribution in [3.63, 3.8) is 0 Å². The molecular formula is C12H14N4O3S2. The van der Waals surface area contributed by atoms with E-state index in [4.69, 9.17) is 10.5 Å². The van der Waals surface area contributed by atoms with Gasteiger partial charge in [0, 0.05) is 0 Å². The van der Waals surface area contributed by atoms with Crippen LogP contribution in [0.1, 0.15) is 19.4 Å². The summed E-state index contributed by atoms with van der Waals surface area (Å²) >= 11 is 2.07. The topological polar surface area (TPSA) is 122 Å². The van der Waals surface area contributed by atoms with Crippen molar-refractivity contribution < 1.29 is 14.6 Å². The number of aromatic nitrogens is 2. The Morgan fingerprint density at radius 1 is 1.48 bits per heavy atom. The fourth-order valence-electron chi connectivity index (χ4n) is 1.31. The van der Waals surface area contributed by atoms with Crippen LogP contribution in [0.5, 0.6) is 0 Å². The molecule has 0 spiro atoms. The van der Waals surface area contributed by atoms with Gasteiger partial charge in [-0.1, -0.05) is 11.8 Å². The highest BCUT2D eigenvalue weighted by atomic mass is 32.2. The molecule has 0 radical (unpaired) electrons. The predicted octanol–water partition coefficient (Wildman–Crippen LogP) is 2.10. The van der Waals surface area contributed by atoms with E-state index in [2.05, 4.69) is 9.97 Å². The first-order valence-corrected chi connectivity index (χ1v) is 7.85. The lowest BCUT2D eigenvalue weighted by molar-refractivity contribution is -0.137. The number of carbonyl (C=O) groups excluding carboxylic acids is 1. The Kier molecular flexibility index (Phi) is 6.33. The van der Waals surface area contributed by atoms with Crippen molar-refractivity contribution in [1.29, 1.82) is 5.26 Å². The normalized spacial score (nSPS) is 11.5. The number of hydrogen-bond acceptors (Lipinski definition) is 9. The Morgan fingerprint density at radius 2 is 2.10 bits per heavy atom. The molecule has 1 rings (SSSR count). The summed E-state index contributed by atoms with van der Waals surface area (Å²) in [6.07, 6.45) is 1.75. The van der Waals surface area contributed by atoms with Crippen molar-refractivity contribution in [2.75, 3.05) is 18.6 Å². The van der Waals surface area contributed by atoms with E-state index >= 15 is 0 Å². The number of nitriles is 1. The summed E-state index contributed by atoms with van der Waals surface area (Å²) in [5.74, 6) is -0.917. The molecule has 0 unspecified atom stereocenters. The molecule has 1 aromatic heterocycles. The van der Waals surface area contributed by atoms with Gasteiger partial charge in [0.2, 0.25) is 5.95 Å². The molecule has 0 amide bonds. The monoisotopic (exact) mass is 326 g/mol. The molecule has 0 aromatic carbocycles. The minimum absolute atomic E-state index is 0.0142. The molecule has 0 aliphatic heterocycles. The molecule has 0 fully saturated rings. The molecule has 0 aliphatic carbocycles. The maximum atomic E-state index is 11.8. The molecule has 7 nitrogen and oxygen atoms in total. The number of anilines is 1. The maximum absolute atomic E-state index is 11.8. The highest BCUT2D eigenvalue weighted by Gasteiger charge is 2.21. The first-order chi connectivity index (χ1) is 9.94. The first-order valence-electron chi connectivity index (χ1n) is 5.80. The van der Waals surface area contributed by atoms with Gasteiger partial charge in [0.15, 0.2) is 0 Å². The zero-order chi connectivity index (χ0) is 16.0. The number of nitrogens with two attached hydrogens (primary N) is 1. The Balaban J connectivity index is 3.29. The number of nitrogen functional groups attached to an aromatic ring is 1. The van der Waals surface area contributed by atoms with Crippen molar-refractivity contribution in [2.24, 2.45) is 0 Å². The number of ether oxygens (including phenoxy) is 1. The fourth-order valence-corrected chi connectivity index (χ4v) is 2.77. The highest BCUT2D eigenvalue weighted by molar-refractivity contribution is 8.04. The largest absolute Gasteiger partial charge is 0.511 e. The molecule has 1 aromatic rings. The number of carbonyl (C=O) groups is 1. The first kappa shape index (κ1) is 17.1. The van der Waals surface area contributed by atoms with Gasteiger partial charge in [0.1, 0.15) is 32.3 Å². The number of allylic oxidation sites excluding steroid dienone is 1. The number of nitrogens with zero attached hydrogens (tertiary/aromatic N) is 3. The van der Waals surface area contributed by atoms with Crippen LogP contribution >= 0.6 is 23.5 Å². The number of rotatable bonds is 5. The molecule has 0 aliphatic rings. The maximum Gasteiger partial charge on any atom is 0.348 e. The summed E-state index contributed by atoms with van der Waals surface area (Å²) in [6.45, 7) is 3.18. The van der Waals surface area contributed by atoms with E-state index in [1.54, 1.807) is 13.2 Å². The zero-order valence-corrected chi connectivity index (χ0v) is 13.3. The second-order valence-corrected chi connectivity index (χ2v) is 5.41. The lowest BCUT2D eigenvalue weighted by Crippen LogP contribution is -2.09. The lowest BCUT2D eigenvalue weighted by atomic mass is 10.4. The van der Waals surface area contributed by atoms with Crippen LogP contribution < -0.4 is 5.73 Å². The van der Waals surface area contributed by atoms with E-state index < -0.39 is 5.97 Å². The third-order valence-corrected chi connectivity index (χ3v) is 3.99. The van der Waals surface area contributed by atoms with Gasteiger partial charge in [-0.25, -0.2) is 14.8 Å². The third kappa shape index (κ3) is 4.27. The Bertz CT molecular complexity index is 622. The number of aliphatic hydroxyl groups excluding tert-OH is 1. The van der Waals surface area contributed by atoms with Crippen molar-refractivity contribution >= 4 is 35.4 Å². The van der Waals surface area contributed by atoms with Crippen LogP contribution in [0.2, 0.25) is 0 Å². The van der Waals surface area contributed by atoms with E-state index in [1.807, 2.05) is 6.07 Å². The number of hydrogen-bond donors (Lipinski definition) is 2. The summed E-state index contributed by atoms with van der Waals surface area (Å²) in [5.41, 5.74) is 5.79. The fraction of sp³-hybridized carbons (Fsp3) is 0.333. The molecule has 21 heavy (non-hydrogen) atoms. The van der Waals surface area contributed by atoms with Gasteiger partial charge in [0.25, 0.3) is 0 Å². The van der Waals surface area contributed by atoms with E-state index in [9.17, 15) is 15.2 Å². The van der Waals surface area contributed by atoms with Crippen molar-refractivity contribution in [2.45, 2.75) is 23.9 Å². The summed E-state index contributed by atoms with van der Waals surface area (Å²) in [4.78, 5) is 19.7. The third-order valence-electron chi connectivity index (χ3n) is 2.15. The van der Waals surface area contributed by atoms with Gasteiger partial charge >= 0.3 is 5.97 Å². The van der Waals surface area contributed by atoms with Crippen LogP contribution in [-0.4, -0.2) is 33.9 Å². The average molecular weight is 326 g/mol. The van der Waals surface area contributed by atoms with Crippen molar-refractivity contribution in [3.8, 4) is 6.07 Å². The molecule has 112 valence electrons. The minimum Gasteiger partial charge on any atom is -0.511 e. The molecule has 1 heterocycles. The number of esters is 1. The Labute approximate surface area is 130 Å². The zero-order valence-electron chi connectivity index (χ0n) is 11.7. The lowest BCUT2D eigenvalue weighted by Gasteiger charge is -2.10. The second-order valence-electron chi connectivity index (χ2n) is 3.62. The summed E-state index contributed by atoms with van der Waals surface area (Å²) in [5, 5.41) is 19.5. The van der Waals surface area contributed by atoms with E-state index in [0.29, 0.717) is 5.03 Å². The van der Waals surface area contributed by atoms with Gasteiger partial charge in [-0.15, -0.1) is 11.8 Å². The van der Waals surface area contributed by atoms with Gasteiger partial charge in [-0.3, -0.25) is 0 Å². The van der Waals surface area contributed by atoms with Crippen LogP contribution in [0.15, 0.2) is 20.7 Å². The van der Waals surface area contributed by atoms with E-state index in [-0.39, 0.29) is 33.8 Å². The minimum atomic E-state index is -0.686. The van der Waals surface area contributed by atoms with Gasteiger partial charge in [-0.05, 0) is 20.1 Å². The summed E-state index contributed by atoms with van der Waals surface area (Å²) in [7, 11) is 0. The standard InChI is InChI=1S/C12H14N4O3S2/c1-4-19-11(18)8(6(2)17)21-10-7(5-13)9(20-3)15-12(14)16-10/h17H,4H2,1-3H3,(H2,14,15,16)/b8-6-. The molecular weight excluding hydrogens is 312 g/mol. The number of thioether (sulfide) groups is 2. The SMILES string of the molecule is CCOC(=O)/C(Sc1nc(N)nc(SC)c1C#N)=C(\C)O. The number of aliphatic hydroxyl groups is 1. The molecule has 0 saturated carbocycles. The quantitative estimate of drug-likeness (QED) is 0.275. The second kappa shape index (κ2) is 7.75.